The topological polar surface area (TPSA) is 131 Å². The molecule has 1 amide bonds. The molecule has 19 heavy (non-hydrogen) atoms. The smallest absolute Gasteiger partial charge is 0.305 e. The van der Waals surface area contributed by atoms with E-state index in [2.05, 4.69) is 5.32 Å². The number of nitrogens with zero attached hydrogens (tertiary/aromatic N) is 1. The lowest BCUT2D eigenvalue weighted by molar-refractivity contribution is -0.137. The fraction of sp³-hybridized carbons (Fsp3) is 0.400. The van der Waals surface area contributed by atoms with Gasteiger partial charge in [0.2, 0.25) is 10.0 Å². The first-order valence-electron chi connectivity index (χ1n) is 5.33. The van der Waals surface area contributed by atoms with Gasteiger partial charge in [-0.3, -0.25) is 9.59 Å². The van der Waals surface area contributed by atoms with E-state index >= 15 is 0 Å². The number of rotatable bonds is 5. The Morgan fingerprint density at radius 1 is 1.53 bits per heavy atom. The lowest BCUT2D eigenvalue weighted by atomic mass is 10.2. The van der Waals surface area contributed by atoms with E-state index in [0.29, 0.717) is 0 Å². The summed E-state index contributed by atoms with van der Waals surface area (Å²) in [6.07, 6.45) is 0.990. The second-order valence-electron chi connectivity index (χ2n) is 4.19. The Morgan fingerprint density at radius 2 is 2.11 bits per heavy atom. The van der Waals surface area contributed by atoms with Gasteiger partial charge in [0.1, 0.15) is 10.6 Å². The van der Waals surface area contributed by atoms with Crippen LogP contribution in [0.4, 0.5) is 0 Å². The van der Waals surface area contributed by atoms with Crippen molar-refractivity contribution in [3.05, 3.63) is 18.0 Å². The van der Waals surface area contributed by atoms with Crippen LogP contribution in [0.3, 0.4) is 0 Å². The Morgan fingerprint density at radius 3 is 2.53 bits per heavy atom. The largest absolute Gasteiger partial charge is 0.481 e. The molecule has 0 saturated carbocycles. The number of amides is 1. The maximum Gasteiger partial charge on any atom is 0.305 e. The van der Waals surface area contributed by atoms with E-state index in [-0.39, 0.29) is 17.0 Å². The van der Waals surface area contributed by atoms with E-state index in [1.54, 1.807) is 0 Å². The van der Waals surface area contributed by atoms with Crippen molar-refractivity contribution >= 4 is 21.9 Å². The number of aryl methyl sites for hydroxylation is 1. The third-order valence-corrected chi connectivity index (χ3v) is 3.28. The van der Waals surface area contributed by atoms with Gasteiger partial charge in [-0.05, 0) is 13.0 Å². The SMILES string of the molecule is CC(CC(=O)O)NC(=O)c1cc(S(N)(=O)=O)cn1C. The van der Waals surface area contributed by atoms with Gasteiger partial charge in [0.05, 0.1) is 6.42 Å². The molecule has 9 heteroatoms. The first kappa shape index (κ1) is 15.2. The predicted octanol–water partition coefficient (Wildman–Crippen LogP) is -0.734. The second kappa shape index (κ2) is 5.41. The number of nitrogens with one attached hydrogen (secondary N) is 1. The number of hydrogen-bond acceptors (Lipinski definition) is 4. The third kappa shape index (κ3) is 4.07. The molecule has 1 atom stereocenters. The number of hydrogen-bond donors (Lipinski definition) is 3. The molecule has 1 aromatic rings. The van der Waals surface area contributed by atoms with Crippen molar-refractivity contribution in [2.45, 2.75) is 24.3 Å². The molecule has 0 aliphatic carbocycles. The number of carbonyl (C=O) groups excluding carboxylic acids is 1. The van der Waals surface area contributed by atoms with Crippen LogP contribution in [0.1, 0.15) is 23.8 Å². The molecule has 8 nitrogen and oxygen atoms in total. The lowest BCUT2D eigenvalue weighted by Crippen LogP contribution is -2.35. The summed E-state index contributed by atoms with van der Waals surface area (Å²) < 4.78 is 23.6. The molecule has 0 radical (unpaired) electrons. The second-order valence-corrected chi connectivity index (χ2v) is 5.75. The van der Waals surface area contributed by atoms with Crippen LogP contribution in [0.5, 0.6) is 0 Å². The molecule has 106 valence electrons. The van der Waals surface area contributed by atoms with Crippen molar-refractivity contribution in [3.63, 3.8) is 0 Å². The first-order valence-corrected chi connectivity index (χ1v) is 6.87. The number of primary sulfonamides is 1. The Hall–Kier alpha value is -1.87. The number of aliphatic carboxylic acids is 1. The monoisotopic (exact) mass is 289 g/mol. The highest BCUT2D eigenvalue weighted by atomic mass is 32.2. The van der Waals surface area contributed by atoms with Crippen LogP contribution in [0.2, 0.25) is 0 Å². The van der Waals surface area contributed by atoms with Gasteiger partial charge in [-0.1, -0.05) is 0 Å². The number of aromatic nitrogens is 1. The summed E-state index contributed by atoms with van der Waals surface area (Å²) in [7, 11) is -2.39. The third-order valence-electron chi connectivity index (χ3n) is 2.40. The van der Waals surface area contributed by atoms with Crippen LogP contribution in [0.15, 0.2) is 17.2 Å². The molecule has 0 aromatic carbocycles. The minimum atomic E-state index is -3.88. The molecule has 1 rings (SSSR count). The van der Waals surface area contributed by atoms with E-state index in [4.69, 9.17) is 10.2 Å². The van der Waals surface area contributed by atoms with Gasteiger partial charge < -0.3 is 15.0 Å². The molecule has 0 fully saturated rings. The Labute approximate surface area is 110 Å². The van der Waals surface area contributed by atoms with Crippen LogP contribution in [0, 0.1) is 0 Å². The summed E-state index contributed by atoms with van der Waals surface area (Å²) in [5, 5.41) is 16.0. The van der Waals surface area contributed by atoms with Crippen molar-refractivity contribution in [3.8, 4) is 0 Å². The molecular formula is C10H15N3O5S. The van der Waals surface area contributed by atoms with Crippen LogP contribution >= 0.6 is 0 Å². The van der Waals surface area contributed by atoms with Gasteiger partial charge in [0, 0.05) is 19.3 Å². The van der Waals surface area contributed by atoms with E-state index in [1.807, 2.05) is 0 Å². The van der Waals surface area contributed by atoms with Gasteiger partial charge in [-0.15, -0.1) is 0 Å². The number of carboxylic acids is 1. The molecule has 4 N–H and O–H groups in total. The van der Waals surface area contributed by atoms with Gasteiger partial charge in [0.15, 0.2) is 0 Å². The predicted molar refractivity (Wildman–Crippen MR) is 66.0 cm³/mol. The van der Waals surface area contributed by atoms with Crippen LogP contribution in [-0.2, 0) is 21.9 Å². The van der Waals surface area contributed by atoms with Crippen LogP contribution < -0.4 is 10.5 Å². The number of carboxylic acid groups (broad SMARTS) is 1. The lowest BCUT2D eigenvalue weighted by Gasteiger charge is -2.11. The minimum absolute atomic E-state index is 0.0845. The molecular weight excluding hydrogens is 274 g/mol. The first-order chi connectivity index (χ1) is 8.61. The fourth-order valence-electron chi connectivity index (χ4n) is 1.53. The summed E-state index contributed by atoms with van der Waals surface area (Å²) >= 11 is 0. The zero-order valence-corrected chi connectivity index (χ0v) is 11.3. The highest BCUT2D eigenvalue weighted by Gasteiger charge is 2.19. The Bertz CT molecular complexity index is 605. The Kier molecular flexibility index (Phi) is 4.32. The van der Waals surface area contributed by atoms with E-state index < -0.39 is 27.9 Å². The van der Waals surface area contributed by atoms with Gasteiger partial charge in [-0.2, -0.15) is 0 Å². The maximum absolute atomic E-state index is 11.8. The van der Waals surface area contributed by atoms with Gasteiger partial charge in [0.25, 0.3) is 5.91 Å². The van der Waals surface area contributed by atoms with E-state index in [1.165, 1.54) is 24.7 Å². The van der Waals surface area contributed by atoms with Crippen molar-refractivity contribution in [2.75, 3.05) is 0 Å². The molecule has 1 unspecified atom stereocenters. The summed E-state index contributed by atoms with van der Waals surface area (Å²) in [5.74, 6) is -1.60. The quantitative estimate of drug-likeness (QED) is 0.657. The van der Waals surface area contributed by atoms with Crippen molar-refractivity contribution in [1.29, 1.82) is 0 Å². The highest BCUT2D eigenvalue weighted by Crippen LogP contribution is 2.12. The number of nitrogens with two attached hydrogens (primary N) is 1. The van der Waals surface area contributed by atoms with Crippen molar-refractivity contribution < 1.29 is 23.1 Å². The Balaban J connectivity index is 2.89. The molecule has 0 aliphatic heterocycles. The van der Waals surface area contributed by atoms with E-state index in [0.717, 1.165) is 6.07 Å². The van der Waals surface area contributed by atoms with Crippen LogP contribution in [0.25, 0.3) is 0 Å². The van der Waals surface area contributed by atoms with Crippen LogP contribution in [-0.4, -0.2) is 36.0 Å². The average molecular weight is 289 g/mol. The summed E-state index contributed by atoms with van der Waals surface area (Å²) in [4.78, 5) is 22.1. The van der Waals surface area contributed by atoms with Gasteiger partial charge >= 0.3 is 5.97 Å². The summed E-state index contributed by atoms with van der Waals surface area (Å²) in [6.45, 7) is 1.54. The number of carbonyl (C=O) groups is 2. The highest BCUT2D eigenvalue weighted by molar-refractivity contribution is 7.89. The van der Waals surface area contributed by atoms with Crippen molar-refractivity contribution in [1.82, 2.24) is 9.88 Å². The molecule has 1 heterocycles. The molecule has 0 spiro atoms. The zero-order chi connectivity index (χ0) is 14.8. The number of sulfonamides is 1. The van der Waals surface area contributed by atoms with Crippen molar-refractivity contribution in [2.24, 2.45) is 12.2 Å². The van der Waals surface area contributed by atoms with E-state index in [9.17, 15) is 18.0 Å². The normalized spacial score (nSPS) is 13.0. The zero-order valence-electron chi connectivity index (χ0n) is 10.5. The average Bonchev–Trinajstić information content (AvgIpc) is 2.58. The standard InChI is InChI=1S/C10H15N3O5S/c1-6(3-9(14)15)12-10(16)8-4-7(5-13(8)2)19(11,17)18/h4-6H,3H2,1-2H3,(H,12,16)(H,14,15)(H2,11,17,18). The molecule has 1 aromatic heterocycles. The minimum Gasteiger partial charge on any atom is -0.481 e. The fourth-order valence-corrected chi connectivity index (χ4v) is 2.11. The van der Waals surface area contributed by atoms with Gasteiger partial charge in [-0.25, -0.2) is 13.6 Å². The maximum atomic E-state index is 11.8. The molecule has 0 bridgehead atoms. The molecule has 0 aliphatic rings. The summed E-state index contributed by atoms with van der Waals surface area (Å²) in [5.41, 5.74) is 0.0845. The summed E-state index contributed by atoms with van der Waals surface area (Å²) in [6, 6.07) is 0.566. The molecule has 0 saturated heterocycles.